The summed E-state index contributed by atoms with van der Waals surface area (Å²) in [6.07, 6.45) is 1.59. The summed E-state index contributed by atoms with van der Waals surface area (Å²) in [7, 11) is -3.90. The summed E-state index contributed by atoms with van der Waals surface area (Å²) in [4.78, 5) is 13.0. The van der Waals surface area contributed by atoms with Crippen molar-refractivity contribution in [2.75, 3.05) is 6.54 Å². The lowest BCUT2D eigenvalue weighted by atomic mass is 10.1. The average Bonchev–Trinajstić information content (AvgIpc) is 3.19. The molecule has 0 bridgehead atoms. The third-order valence-electron chi connectivity index (χ3n) is 6.51. The van der Waals surface area contributed by atoms with Crippen LogP contribution in [0, 0.1) is 27.7 Å². The summed E-state index contributed by atoms with van der Waals surface area (Å²) in [5.74, 6) is -0.528. The second kappa shape index (κ2) is 11.6. The van der Waals surface area contributed by atoms with Gasteiger partial charge in [-0.3, -0.25) is 4.79 Å². The number of aryl methyl sites for hydroxylation is 3. The molecule has 0 unspecified atom stereocenters. The van der Waals surface area contributed by atoms with E-state index < -0.39 is 15.9 Å². The number of rotatable bonds is 9. The molecule has 0 saturated heterocycles. The third kappa shape index (κ3) is 6.10. The van der Waals surface area contributed by atoms with Crippen LogP contribution in [0.1, 0.15) is 33.6 Å². The summed E-state index contributed by atoms with van der Waals surface area (Å²) >= 11 is 0. The second-order valence-corrected chi connectivity index (χ2v) is 11.2. The Bertz CT molecular complexity index is 1560. The molecule has 1 heterocycles. The minimum atomic E-state index is -3.90. The molecule has 4 rings (SSSR count). The number of hydrogen-bond donors (Lipinski definition) is 1. The SMILES string of the molecule is Cc1ccc(-n2c(C)cc(/C=N\NC(=O)CN(Cc3ccccc3)S(=O)(=O)c3ccccc3)c2C)cc1C. The molecule has 0 fully saturated rings. The number of hydrazone groups is 1. The van der Waals surface area contributed by atoms with Gasteiger partial charge in [-0.05, 0) is 74.7 Å². The maximum absolute atomic E-state index is 13.3. The van der Waals surface area contributed by atoms with E-state index in [9.17, 15) is 13.2 Å². The Balaban J connectivity index is 1.51. The number of carbonyl (C=O) groups is 1. The van der Waals surface area contributed by atoms with E-state index in [-0.39, 0.29) is 18.0 Å². The molecule has 38 heavy (non-hydrogen) atoms. The summed E-state index contributed by atoms with van der Waals surface area (Å²) in [6.45, 7) is 7.89. The van der Waals surface area contributed by atoms with Crippen LogP contribution in [0.4, 0.5) is 0 Å². The van der Waals surface area contributed by atoms with E-state index in [4.69, 9.17) is 0 Å². The fourth-order valence-corrected chi connectivity index (χ4v) is 5.71. The van der Waals surface area contributed by atoms with Gasteiger partial charge in [-0.25, -0.2) is 13.8 Å². The van der Waals surface area contributed by atoms with Crippen LogP contribution >= 0.6 is 0 Å². The first-order valence-corrected chi connectivity index (χ1v) is 13.8. The molecule has 0 saturated carbocycles. The van der Waals surface area contributed by atoms with Crippen molar-refractivity contribution in [1.82, 2.24) is 14.3 Å². The molecule has 1 aromatic heterocycles. The number of benzene rings is 3. The predicted octanol–water partition coefficient (Wildman–Crippen LogP) is 5.05. The Morgan fingerprint density at radius 1 is 0.895 bits per heavy atom. The van der Waals surface area contributed by atoms with Crippen molar-refractivity contribution in [3.8, 4) is 5.69 Å². The molecular formula is C30H32N4O3S. The maximum Gasteiger partial charge on any atom is 0.255 e. The Labute approximate surface area is 224 Å². The van der Waals surface area contributed by atoms with Crippen LogP contribution in [0.2, 0.25) is 0 Å². The van der Waals surface area contributed by atoms with Crippen LogP contribution < -0.4 is 5.43 Å². The molecule has 1 N–H and O–H groups in total. The van der Waals surface area contributed by atoms with E-state index in [1.54, 1.807) is 24.4 Å². The fraction of sp³-hybridized carbons (Fsp3) is 0.200. The predicted molar refractivity (Wildman–Crippen MR) is 151 cm³/mol. The largest absolute Gasteiger partial charge is 0.318 e. The van der Waals surface area contributed by atoms with Gasteiger partial charge in [0.05, 0.1) is 17.7 Å². The summed E-state index contributed by atoms with van der Waals surface area (Å²) in [5, 5.41) is 4.14. The number of nitrogens with zero attached hydrogens (tertiary/aromatic N) is 3. The molecule has 8 heteroatoms. The molecule has 196 valence electrons. The van der Waals surface area contributed by atoms with E-state index >= 15 is 0 Å². The first-order valence-electron chi connectivity index (χ1n) is 12.3. The lowest BCUT2D eigenvalue weighted by Crippen LogP contribution is -2.39. The van der Waals surface area contributed by atoms with Gasteiger partial charge >= 0.3 is 0 Å². The highest BCUT2D eigenvalue weighted by Gasteiger charge is 2.26. The number of sulfonamides is 1. The molecule has 0 atom stereocenters. The van der Waals surface area contributed by atoms with Crippen molar-refractivity contribution in [1.29, 1.82) is 0 Å². The molecule has 0 aliphatic heterocycles. The fourth-order valence-electron chi connectivity index (χ4n) is 4.30. The van der Waals surface area contributed by atoms with E-state index in [2.05, 4.69) is 47.1 Å². The van der Waals surface area contributed by atoms with E-state index in [1.165, 1.54) is 23.3 Å². The van der Waals surface area contributed by atoms with Gasteiger partial charge in [-0.1, -0.05) is 54.6 Å². The number of carbonyl (C=O) groups excluding carboxylic acids is 1. The Morgan fingerprint density at radius 3 is 2.21 bits per heavy atom. The van der Waals surface area contributed by atoms with Crippen molar-refractivity contribution in [2.24, 2.45) is 5.10 Å². The summed E-state index contributed by atoms with van der Waals surface area (Å²) in [6, 6.07) is 25.6. The van der Waals surface area contributed by atoms with E-state index in [1.807, 2.05) is 50.2 Å². The van der Waals surface area contributed by atoms with Gasteiger partial charge in [0.25, 0.3) is 5.91 Å². The normalized spacial score (nSPS) is 11.8. The minimum absolute atomic E-state index is 0.0618. The van der Waals surface area contributed by atoms with Crippen molar-refractivity contribution >= 4 is 22.1 Å². The van der Waals surface area contributed by atoms with Crippen molar-refractivity contribution in [2.45, 2.75) is 39.1 Å². The van der Waals surface area contributed by atoms with Gasteiger partial charge in [-0.2, -0.15) is 9.41 Å². The zero-order valence-electron chi connectivity index (χ0n) is 22.0. The number of nitrogens with one attached hydrogen (secondary N) is 1. The van der Waals surface area contributed by atoms with Crippen LogP contribution in [-0.4, -0.2) is 36.0 Å². The zero-order valence-corrected chi connectivity index (χ0v) is 22.9. The molecule has 3 aromatic carbocycles. The molecule has 4 aromatic rings. The Hall–Kier alpha value is -4.01. The highest BCUT2D eigenvalue weighted by atomic mass is 32.2. The van der Waals surface area contributed by atoms with E-state index in [0.29, 0.717) is 0 Å². The quantitative estimate of drug-likeness (QED) is 0.244. The van der Waals surface area contributed by atoms with Crippen molar-refractivity contribution < 1.29 is 13.2 Å². The smallest absolute Gasteiger partial charge is 0.255 e. The number of aromatic nitrogens is 1. The topological polar surface area (TPSA) is 83.8 Å². The third-order valence-corrected chi connectivity index (χ3v) is 8.32. The van der Waals surface area contributed by atoms with Crippen LogP contribution in [0.15, 0.2) is 94.9 Å². The second-order valence-electron chi connectivity index (χ2n) is 9.30. The molecule has 0 radical (unpaired) electrons. The Kier molecular flexibility index (Phi) is 8.24. The van der Waals surface area contributed by atoms with Gasteiger partial charge in [-0.15, -0.1) is 0 Å². The molecule has 0 aliphatic rings. The Morgan fingerprint density at radius 2 is 1.55 bits per heavy atom. The van der Waals surface area contributed by atoms with Gasteiger partial charge in [0.15, 0.2) is 0 Å². The van der Waals surface area contributed by atoms with Gasteiger partial charge in [0.1, 0.15) is 0 Å². The van der Waals surface area contributed by atoms with Crippen LogP contribution in [0.25, 0.3) is 5.69 Å². The first-order chi connectivity index (χ1) is 18.2. The molecule has 1 amide bonds. The number of amides is 1. The van der Waals surface area contributed by atoms with Crippen molar-refractivity contribution in [3.05, 3.63) is 119 Å². The lowest BCUT2D eigenvalue weighted by Gasteiger charge is -2.21. The maximum atomic E-state index is 13.3. The van der Waals surface area contributed by atoms with Crippen molar-refractivity contribution in [3.63, 3.8) is 0 Å². The molecular weight excluding hydrogens is 496 g/mol. The van der Waals surface area contributed by atoms with E-state index in [0.717, 1.165) is 32.5 Å². The highest BCUT2D eigenvalue weighted by molar-refractivity contribution is 7.89. The van der Waals surface area contributed by atoms with Gasteiger partial charge < -0.3 is 4.57 Å². The molecule has 7 nitrogen and oxygen atoms in total. The van der Waals surface area contributed by atoms with Crippen LogP contribution in [0.5, 0.6) is 0 Å². The zero-order chi connectivity index (χ0) is 27.3. The molecule has 0 aliphatic carbocycles. The average molecular weight is 529 g/mol. The monoisotopic (exact) mass is 528 g/mol. The highest BCUT2D eigenvalue weighted by Crippen LogP contribution is 2.22. The summed E-state index contributed by atoms with van der Waals surface area (Å²) in [5.41, 5.74) is 9.68. The van der Waals surface area contributed by atoms with Crippen LogP contribution in [-0.2, 0) is 21.4 Å². The standard InChI is InChI=1S/C30H32N4O3S/c1-22-15-16-28(17-23(22)2)34-24(3)18-27(25(34)4)19-31-32-30(35)21-33(20-26-11-7-5-8-12-26)38(36,37)29-13-9-6-10-14-29/h5-19H,20-21H2,1-4H3,(H,32,35)/b31-19-. The van der Waals surface area contributed by atoms with Gasteiger partial charge in [0, 0.05) is 29.2 Å². The minimum Gasteiger partial charge on any atom is -0.318 e. The van der Waals surface area contributed by atoms with Crippen LogP contribution in [0.3, 0.4) is 0 Å². The number of hydrogen-bond acceptors (Lipinski definition) is 4. The lowest BCUT2D eigenvalue weighted by molar-refractivity contribution is -0.121. The first kappa shape index (κ1) is 27.0. The summed E-state index contributed by atoms with van der Waals surface area (Å²) < 4.78 is 30.0. The van der Waals surface area contributed by atoms with Gasteiger partial charge in [0.2, 0.25) is 10.0 Å². The molecule has 0 spiro atoms.